The van der Waals surface area contributed by atoms with Crippen molar-refractivity contribution in [2.75, 3.05) is 32.8 Å². The van der Waals surface area contributed by atoms with Gasteiger partial charge in [0.25, 0.3) is 0 Å². The number of rotatable bonds is 5. The van der Waals surface area contributed by atoms with Gasteiger partial charge in [0.15, 0.2) is 0 Å². The number of hydrogen-bond acceptors (Lipinski definition) is 3. The minimum absolute atomic E-state index is 0.314. The van der Waals surface area contributed by atoms with E-state index in [4.69, 9.17) is 9.84 Å². The first-order valence-electron chi connectivity index (χ1n) is 6.73. The molecule has 1 N–H and O–H groups in total. The molecule has 0 bridgehead atoms. The molecule has 0 radical (unpaired) electrons. The lowest BCUT2D eigenvalue weighted by molar-refractivity contribution is 0.204. The standard InChI is InChI=1S/C15H23NO2/c1-12-4-3-5-15(13(12)2)18-9-8-16-7-6-14(10-16)11-17/h3-5,14,17H,6-11H2,1-2H3. The van der Waals surface area contributed by atoms with E-state index in [1.54, 1.807) is 0 Å². The van der Waals surface area contributed by atoms with E-state index in [9.17, 15) is 0 Å². The normalized spacial score (nSPS) is 20.3. The fraction of sp³-hybridized carbons (Fsp3) is 0.600. The van der Waals surface area contributed by atoms with Crippen LogP contribution >= 0.6 is 0 Å². The van der Waals surface area contributed by atoms with Crippen LogP contribution in [-0.4, -0.2) is 42.9 Å². The average Bonchev–Trinajstić information content (AvgIpc) is 2.82. The SMILES string of the molecule is Cc1cccc(OCCN2CCC(CO)C2)c1C. The molecule has 18 heavy (non-hydrogen) atoms. The maximum atomic E-state index is 9.10. The summed E-state index contributed by atoms with van der Waals surface area (Å²) in [7, 11) is 0. The van der Waals surface area contributed by atoms with Crippen molar-refractivity contribution >= 4 is 0 Å². The molecule has 1 aliphatic heterocycles. The van der Waals surface area contributed by atoms with Crippen LogP contribution in [0.2, 0.25) is 0 Å². The molecule has 1 aliphatic rings. The molecule has 1 saturated heterocycles. The van der Waals surface area contributed by atoms with Crippen molar-refractivity contribution in [1.29, 1.82) is 0 Å². The lowest BCUT2D eigenvalue weighted by atomic mass is 10.1. The molecule has 1 aromatic rings. The summed E-state index contributed by atoms with van der Waals surface area (Å²) in [6, 6.07) is 6.17. The second-order valence-corrected chi connectivity index (χ2v) is 5.18. The van der Waals surface area contributed by atoms with E-state index >= 15 is 0 Å². The third-order valence-electron chi connectivity index (χ3n) is 3.85. The summed E-state index contributed by atoms with van der Waals surface area (Å²) in [4.78, 5) is 2.37. The highest BCUT2D eigenvalue weighted by Crippen LogP contribution is 2.21. The topological polar surface area (TPSA) is 32.7 Å². The van der Waals surface area contributed by atoms with Crippen molar-refractivity contribution in [2.45, 2.75) is 20.3 Å². The summed E-state index contributed by atoms with van der Waals surface area (Å²) < 4.78 is 5.84. The Balaban J connectivity index is 1.77. The minimum atomic E-state index is 0.314. The summed E-state index contributed by atoms with van der Waals surface area (Å²) in [5.74, 6) is 1.46. The molecule has 100 valence electrons. The minimum Gasteiger partial charge on any atom is -0.492 e. The van der Waals surface area contributed by atoms with Gasteiger partial charge in [-0.2, -0.15) is 0 Å². The zero-order chi connectivity index (χ0) is 13.0. The Morgan fingerprint density at radius 3 is 2.94 bits per heavy atom. The smallest absolute Gasteiger partial charge is 0.122 e. The Labute approximate surface area is 109 Å². The monoisotopic (exact) mass is 249 g/mol. The maximum absolute atomic E-state index is 9.10. The van der Waals surface area contributed by atoms with E-state index in [0.29, 0.717) is 12.5 Å². The zero-order valence-electron chi connectivity index (χ0n) is 11.4. The van der Waals surface area contributed by atoms with Crippen molar-refractivity contribution < 1.29 is 9.84 Å². The van der Waals surface area contributed by atoms with Crippen LogP contribution in [0.5, 0.6) is 5.75 Å². The Morgan fingerprint density at radius 1 is 1.39 bits per heavy atom. The first-order valence-corrected chi connectivity index (χ1v) is 6.73. The summed E-state index contributed by atoms with van der Waals surface area (Å²) in [6.45, 7) is 8.28. The summed E-state index contributed by atoms with van der Waals surface area (Å²) in [6.07, 6.45) is 1.11. The van der Waals surface area contributed by atoms with Crippen LogP contribution in [0, 0.1) is 19.8 Å². The van der Waals surface area contributed by atoms with Crippen molar-refractivity contribution in [1.82, 2.24) is 4.90 Å². The van der Waals surface area contributed by atoms with Gasteiger partial charge in [0.2, 0.25) is 0 Å². The van der Waals surface area contributed by atoms with Crippen molar-refractivity contribution in [2.24, 2.45) is 5.92 Å². The van der Waals surface area contributed by atoms with Gasteiger partial charge in [-0.05, 0) is 49.9 Å². The largest absolute Gasteiger partial charge is 0.492 e. The van der Waals surface area contributed by atoms with Crippen molar-refractivity contribution in [3.05, 3.63) is 29.3 Å². The highest BCUT2D eigenvalue weighted by Gasteiger charge is 2.21. The lowest BCUT2D eigenvalue weighted by Crippen LogP contribution is -2.26. The van der Waals surface area contributed by atoms with Gasteiger partial charge >= 0.3 is 0 Å². The third kappa shape index (κ3) is 3.24. The number of aliphatic hydroxyl groups is 1. The van der Waals surface area contributed by atoms with Crippen molar-refractivity contribution in [3.8, 4) is 5.75 Å². The Kier molecular flexibility index (Phi) is 4.61. The van der Waals surface area contributed by atoms with E-state index < -0.39 is 0 Å². The van der Waals surface area contributed by atoms with Crippen LogP contribution in [-0.2, 0) is 0 Å². The molecule has 0 spiro atoms. The molecular formula is C15H23NO2. The molecule has 1 unspecified atom stereocenters. The van der Waals surface area contributed by atoms with Crippen LogP contribution in [0.1, 0.15) is 17.5 Å². The molecule has 0 amide bonds. The van der Waals surface area contributed by atoms with Gasteiger partial charge in [-0.3, -0.25) is 4.90 Å². The van der Waals surface area contributed by atoms with Crippen LogP contribution in [0.3, 0.4) is 0 Å². The fourth-order valence-electron chi connectivity index (χ4n) is 2.43. The average molecular weight is 249 g/mol. The van der Waals surface area contributed by atoms with Gasteiger partial charge in [-0.25, -0.2) is 0 Å². The van der Waals surface area contributed by atoms with E-state index in [-0.39, 0.29) is 0 Å². The van der Waals surface area contributed by atoms with E-state index in [1.165, 1.54) is 11.1 Å². The third-order valence-corrected chi connectivity index (χ3v) is 3.85. The highest BCUT2D eigenvalue weighted by molar-refractivity contribution is 5.38. The molecule has 1 atom stereocenters. The molecule has 1 fully saturated rings. The number of ether oxygens (including phenoxy) is 1. The van der Waals surface area contributed by atoms with Crippen LogP contribution < -0.4 is 4.74 Å². The molecule has 3 nitrogen and oxygen atoms in total. The lowest BCUT2D eigenvalue weighted by Gasteiger charge is -2.17. The zero-order valence-corrected chi connectivity index (χ0v) is 11.4. The number of benzene rings is 1. The molecule has 1 aromatic carbocycles. The second-order valence-electron chi connectivity index (χ2n) is 5.18. The Hall–Kier alpha value is -1.06. The second kappa shape index (κ2) is 6.21. The van der Waals surface area contributed by atoms with Gasteiger partial charge in [0, 0.05) is 19.7 Å². The van der Waals surface area contributed by atoms with Crippen LogP contribution in [0.4, 0.5) is 0 Å². The maximum Gasteiger partial charge on any atom is 0.122 e. The predicted octanol–water partition coefficient (Wildman–Crippen LogP) is 2.00. The Bertz CT molecular complexity index is 392. The number of likely N-dealkylation sites (tertiary alicyclic amines) is 1. The Morgan fingerprint density at radius 2 is 2.22 bits per heavy atom. The van der Waals surface area contributed by atoms with Crippen LogP contribution in [0.15, 0.2) is 18.2 Å². The fourth-order valence-corrected chi connectivity index (χ4v) is 2.43. The first-order chi connectivity index (χ1) is 8.70. The summed E-state index contributed by atoms with van der Waals surface area (Å²) in [5.41, 5.74) is 2.50. The quantitative estimate of drug-likeness (QED) is 0.866. The molecular weight excluding hydrogens is 226 g/mol. The van der Waals surface area contributed by atoms with Crippen molar-refractivity contribution in [3.63, 3.8) is 0 Å². The van der Waals surface area contributed by atoms with E-state index in [0.717, 1.165) is 38.4 Å². The molecule has 3 heteroatoms. The van der Waals surface area contributed by atoms with Gasteiger partial charge in [-0.1, -0.05) is 12.1 Å². The molecule has 1 heterocycles. The van der Waals surface area contributed by atoms with Gasteiger partial charge in [0.05, 0.1) is 0 Å². The van der Waals surface area contributed by atoms with Gasteiger partial charge in [-0.15, -0.1) is 0 Å². The van der Waals surface area contributed by atoms with E-state index in [2.05, 4.69) is 24.8 Å². The highest BCUT2D eigenvalue weighted by atomic mass is 16.5. The number of nitrogens with zero attached hydrogens (tertiary/aromatic N) is 1. The van der Waals surface area contributed by atoms with Gasteiger partial charge in [0.1, 0.15) is 12.4 Å². The summed E-state index contributed by atoms with van der Waals surface area (Å²) >= 11 is 0. The number of hydrogen-bond donors (Lipinski definition) is 1. The first kappa shape index (κ1) is 13.4. The molecule has 0 saturated carbocycles. The predicted molar refractivity (Wildman–Crippen MR) is 73.0 cm³/mol. The van der Waals surface area contributed by atoms with E-state index in [1.807, 2.05) is 12.1 Å². The summed E-state index contributed by atoms with van der Waals surface area (Å²) in [5, 5.41) is 9.10. The number of aliphatic hydroxyl groups excluding tert-OH is 1. The molecule has 0 aliphatic carbocycles. The molecule has 2 rings (SSSR count). The van der Waals surface area contributed by atoms with Crippen LogP contribution in [0.25, 0.3) is 0 Å². The van der Waals surface area contributed by atoms with Gasteiger partial charge < -0.3 is 9.84 Å². The molecule has 0 aromatic heterocycles. The number of aryl methyl sites for hydroxylation is 1.